The van der Waals surface area contributed by atoms with Gasteiger partial charge in [-0.25, -0.2) is 0 Å². The van der Waals surface area contributed by atoms with Crippen molar-refractivity contribution >= 4 is 80.0 Å². The van der Waals surface area contributed by atoms with Crippen LogP contribution >= 0.6 is 58.0 Å². The molecule has 2 aromatic heterocycles. The molecular weight excluding hydrogens is 481 g/mol. The molecule has 2 N–H and O–H groups in total. The molecule has 13 heteroatoms. The maximum absolute atomic E-state index is 12.1. The lowest BCUT2D eigenvalue weighted by molar-refractivity contribution is -0.114. The van der Waals surface area contributed by atoms with Crippen molar-refractivity contribution in [2.24, 2.45) is 0 Å². The Bertz CT molecular complexity index is 964. The molecule has 0 spiro atoms. The van der Waals surface area contributed by atoms with Crippen LogP contribution in [0.4, 0.5) is 10.3 Å². The van der Waals surface area contributed by atoms with E-state index in [-0.39, 0.29) is 17.6 Å². The highest BCUT2D eigenvalue weighted by molar-refractivity contribution is 8.01. The van der Waals surface area contributed by atoms with Gasteiger partial charge in [0, 0.05) is 5.75 Å². The third-order valence-corrected chi connectivity index (χ3v) is 8.07. The number of anilines is 2. The Kier molecular flexibility index (Phi) is 9.39. The zero-order valence-electron chi connectivity index (χ0n) is 15.9. The Hall–Kier alpha value is -1.67. The summed E-state index contributed by atoms with van der Waals surface area (Å²) >= 11 is 6.96. The number of amides is 2. The molecular formula is C17H18N6O2S5. The van der Waals surface area contributed by atoms with Gasteiger partial charge in [-0.15, -0.1) is 32.2 Å². The Morgan fingerprint density at radius 1 is 0.867 bits per heavy atom. The molecule has 0 aliphatic rings. The van der Waals surface area contributed by atoms with Crippen LogP contribution in [0.2, 0.25) is 0 Å². The average Bonchev–Trinajstić information content (AvgIpc) is 3.37. The predicted molar refractivity (Wildman–Crippen MR) is 127 cm³/mol. The molecule has 158 valence electrons. The van der Waals surface area contributed by atoms with Crippen LogP contribution in [0, 0.1) is 0 Å². The fraction of sp³-hybridized carbons (Fsp3) is 0.294. The summed E-state index contributed by atoms with van der Waals surface area (Å²) in [5, 5.41) is 22.3. The summed E-state index contributed by atoms with van der Waals surface area (Å²) in [6.45, 7) is 2.03. The van der Waals surface area contributed by atoms with Crippen molar-refractivity contribution in [3.05, 3.63) is 35.9 Å². The number of nitrogens with zero attached hydrogens (tertiary/aromatic N) is 4. The molecule has 0 saturated carbocycles. The molecule has 1 aromatic carbocycles. The SMILES string of the molecule is CCSc1nnc(NC(=O)CSc2nnc(NC(=O)CSCc3ccccc3)s2)s1. The van der Waals surface area contributed by atoms with Gasteiger partial charge < -0.3 is 0 Å². The third kappa shape index (κ3) is 7.87. The molecule has 0 radical (unpaired) electrons. The first-order valence-corrected chi connectivity index (χ1v) is 13.5. The number of carbonyl (C=O) groups is 2. The zero-order chi connectivity index (χ0) is 21.2. The van der Waals surface area contributed by atoms with Crippen molar-refractivity contribution in [1.29, 1.82) is 0 Å². The lowest BCUT2D eigenvalue weighted by Crippen LogP contribution is -2.14. The lowest BCUT2D eigenvalue weighted by atomic mass is 10.2. The van der Waals surface area contributed by atoms with Crippen molar-refractivity contribution in [2.45, 2.75) is 21.4 Å². The minimum absolute atomic E-state index is 0.126. The van der Waals surface area contributed by atoms with Gasteiger partial charge >= 0.3 is 0 Å². The van der Waals surface area contributed by atoms with E-state index >= 15 is 0 Å². The van der Waals surface area contributed by atoms with Gasteiger partial charge in [0.05, 0.1) is 11.5 Å². The second kappa shape index (κ2) is 12.2. The highest BCUT2D eigenvalue weighted by atomic mass is 32.2. The topological polar surface area (TPSA) is 110 Å². The first-order valence-electron chi connectivity index (χ1n) is 8.76. The molecule has 0 aliphatic heterocycles. The fourth-order valence-corrected chi connectivity index (χ4v) is 6.06. The van der Waals surface area contributed by atoms with Crippen LogP contribution in [0.25, 0.3) is 0 Å². The Balaban J connectivity index is 1.36. The monoisotopic (exact) mass is 498 g/mol. The second-order valence-corrected chi connectivity index (χ2v) is 11.2. The van der Waals surface area contributed by atoms with E-state index < -0.39 is 0 Å². The summed E-state index contributed by atoms with van der Waals surface area (Å²) in [7, 11) is 0. The number of benzene rings is 1. The van der Waals surface area contributed by atoms with Crippen LogP contribution in [0.3, 0.4) is 0 Å². The first-order chi connectivity index (χ1) is 14.6. The van der Waals surface area contributed by atoms with Crippen molar-refractivity contribution in [3.8, 4) is 0 Å². The Morgan fingerprint density at radius 3 is 2.10 bits per heavy atom. The largest absolute Gasteiger partial charge is 0.300 e. The van der Waals surface area contributed by atoms with E-state index in [0.29, 0.717) is 20.4 Å². The van der Waals surface area contributed by atoms with Crippen LogP contribution in [-0.2, 0) is 15.3 Å². The predicted octanol–water partition coefficient (Wildman–Crippen LogP) is 4.10. The van der Waals surface area contributed by atoms with E-state index in [9.17, 15) is 9.59 Å². The molecule has 3 rings (SSSR count). The quantitative estimate of drug-likeness (QED) is 0.298. The van der Waals surface area contributed by atoms with Crippen LogP contribution in [0.1, 0.15) is 12.5 Å². The summed E-state index contributed by atoms with van der Waals surface area (Å²) in [4.78, 5) is 24.1. The summed E-state index contributed by atoms with van der Waals surface area (Å²) < 4.78 is 1.43. The smallest absolute Gasteiger partial charge is 0.236 e. The van der Waals surface area contributed by atoms with Crippen LogP contribution in [0.15, 0.2) is 39.0 Å². The highest BCUT2D eigenvalue weighted by Gasteiger charge is 2.12. The molecule has 0 atom stereocenters. The van der Waals surface area contributed by atoms with E-state index in [0.717, 1.165) is 15.8 Å². The van der Waals surface area contributed by atoms with Crippen LogP contribution in [-0.4, -0.2) is 49.5 Å². The summed E-state index contributed by atoms with van der Waals surface area (Å²) in [5.41, 5.74) is 1.18. The van der Waals surface area contributed by atoms with Gasteiger partial charge in [-0.2, -0.15) is 0 Å². The number of aromatic nitrogens is 4. The zero-order valence-corrected chi connectivity index (χ0v) is 19.9. The molecule has 3 aromatic rings. The van der Waals surface area contributed by atoms with E-state index in [1.54, 1.807) is 11.8 Å². The van der Waals surface area contributed by atoms with Crippen molar-refractivity contribution < 1.29 is 9.59 Å². The molecule has 2 amide bonds. The Labute approximate surface area is 194 Å². The maximum Gasteiger partial charge on any atom is 0.236 e. The first kappa shape index (κ1) is 23.0. The van der Waals surface area contributed by atoms with Gasteiger partial charge in [-0.1, -0.05) is 83.5 Å². The second-order valence-electron chi connectivity index (χ2n) is 5.54. The summed E-state index contributed by atoms with van der Waals surface area (Å²) in [6, 6.07) is 9.99. The number of thioether (sulfide) groups is 3. The van der Waals surface area contributed by atoms with Crippen LogP contribution < -0.4 is 10.6 Å². The molecule has 0 fully saturated rings. The van der Waals surface area contributed by atoms with Gasteiger partial charge in [-0.05, 0) is 11.3 Å². The molecule has 30 heavy (non-hydrogen) atoms. The number of nitrogens with one attached hydrogen (secondary N) is 2. The molecule has 0 aliphatic carbocycles. The molecule has 0 saturated heterocycles. The number of hydrogen-bond donors (Lipinski definition) is 2. The minimum atomic E-state index is -0.192. The van der Waals surface area contributed by atoms with E-state index in [1.165, 1.54) is 51.8 Å². The molecule has 0 bridgehead atoms. The van der Waals surface area contributed by atoms with Crippen molar-refractivity contribution in [3.63, 3.8) is 0 Å². The van der Waals surface area contributed by atoms with Gasteiger partial charge in [0.15, 0.2) is 8.68 Å². The van der Waals surface area contributed by atoms with Gasteiger partial charge in [0.25, 0.3) is 0 Å². The summed E-state index contributed by atoms with van der Waals surface area (Å²) in [6.07, 6.45) is 0. The average molecular weight is 499 g/mol. The Morgan fingerprint density at radius 2 is 1.47 bits per heavy atom. The fourth-order valence-electron chi connectivity index (χ4n) is 2.03. The number of carbonyl (C=O) groups excluding carboxylic acids is 2. The maximum atomic E-state index is 12.1. The van der Waals surface area contributed by atoms with E-state index in [1.807, 2.05) is 37.3 Å². The van der Waals surface area contributed by atoms with Crippen LogP contribution in [0.5, 0.6) is 0 Å². The normalized spacial score (nSPS) is 10.7. The van der Waals surface area contributed by atoms with E-state index in [4.69, 9.17) is 0 Å². The lowest BCUT2D eigenvalue weighted by Gasteiger charge is -2.02. The number of rotatable bonds is 11. The van der Waals surface area contributed by atoms with Gasteiger partial charge in [-0.3, -0.25) is 20.2 Å². The van der Waals surface area contributed by atoms with Gasteiger partial charge in [0.1, 0.15) is 0 Å². The third-order valence-electron chi connectivity index (χ3n) is 3.24. The number of hydrogen-bond acceptors (Lipinski definition) is 11. The van der Waals surface area contributed by atoms with E-state index in [2.05, 4.69) is 31.0 Å². The summed E-state index contributed by atoms with van der Waals surface area (Å²) in [5.74, 6) is 1.86. The molecule has 0 unspecified atom stereocenters. The van der Waals surface area contributed by atoms with Gasteiger partial charge in [0.2, 0.25) is 22.1 Å². The highest BCUT2D eigenvalue weighted by Crippen LogP contribution is 2.27. The molecule has 2 heterocycles. The standard InChI is InChI=1S/C17H18N6O2S5/c1-2-27-16-22-20-15(29-16)19-13(25)10-28-17-23-21-14(30-17)18-12(24)9-26-8-11-6-4-3-5-7-11/h3-7H,2,8-10H2,1H3,(H,18,21,24)(H,19,20,25). The van der Waals surface area contributed by atoms with Crippen molar-refractivity contribution in [1.82, 2.24) is 20.4 Å². The minimum Gasteiger partial charge on any atom is -0.300 e. The van der Waals surface area contributed by atoms with Crippen molar-refractivity contribution in [2.75, 3.05) is 27.9 Å². The molecule has 8 nitrogen and oxygen atoms in total.